The SMILES string of the molecule is Cc1ccc(CNC(=O)NC(C(=O)O)C2CCCCC2)o1. The van der Waals surface area contributed by atoms with Crippen molar-refractivity contribution in [2.45, 2.75) is 51.6 Å². The molecule has 2 amide bonds. The molecule has 0 spiro atoms. The van der Waals surface area contributed by atoms with E-state index in [9.17, 15) is 14.7 Å². The molecule has 1 aromatic rings. The molecule has 1 saturated carbocycles. The molecule has 6 heteroatoms. The number of rotatable bonds is 5. The van der Waals surface area contributed by atoms with Crippen LogP contribution < -0.4 is 10.6 Å². The number of nitrogens with one attached hydrogen (secondary N) is 2. The van der Waals surface area contributed by atoms with Gasteiger partial charge in [0, 0.05) is 0 Å². The van der Waals surface area contributed by atoms with Gasteiger partial charge in [-0.05, 0) is 37.8 Å². The van der Waals surface area contributed by atoms with Crippen LogP contribution in [0, 0.1) is 12.8 Å². The molecule has 1 aromatic heterocycles. The number of carboxylic acid groups (broad SMARTS) is 1. The van der Waals surface area contributed by atoms with Gasteiger partial charge in [-0.15, -0.1) is 0 Å². The Morgan fingerprint density at radius 1 is 1.33 bits per heavy atom. The first-order chi connectivity index (χ1) is 10.1. The molecule has 116 valence electrons. The van der Waals surface area contributed by atoms with Crippen LogP contribution in [0.1, 0.15) is 43.6 Å². The van der Waals surface area contributed by atoms with Crippen molar-refractivity contribution >= 4 is 12.0 Å². The smallest absolute Gasteiger partial charge is 0.326 e. The lowest BCUT2D eigenvalue weighted by Gasteiger charge is -2.27. The number of carbonyl (C=O) groups is 2. The van der Waals surface area contributed by atoms with Crippen LogP contribution in [0.15, 0.2) is 16.5 Å². The van der Waals surface area contributed by atoms with Gasteiger partial charge in [-0.25, -0.2) is 9.59 Å². The van der Waals surface area contributed by atoms with E-state index in [1.54, 1.807) is 6.07 Å². The average molecular weight is 294 g/mol. The third-order valence-corrected chi connectivity index (χ3v) is 3.89. The molecule has 21 heavy (non-hydrogen) atoms. The first-order valence-corrected chi connectivity index (χ1v) is 7.39. The highest BCUT2D eigenvalue weighted by Crippen LogP contribution is 2.26. The third kappa shape index (κ3) is 4.51. The lowest BCUT2D eigenvalue weighted by Crippen LogP contribution is -2.50. The summed E-state index contributed by atoms with van der Waals surface area (Å²) in [7, 11) is 0. The van der Waals surface area contributed by atoms with Crippen LogP contribution in [0.4, 0.5) is 4.79 Å². The zero-order valence-corrected chi connectivity index (χ0v) is 12.2. The molecule has 1 fully saturated rings. The first kappa shape index (κ1) is 15.4. The molecular formula is C15H22N2O4. The minimum Gasteiger partial charge on any atom is -0.480 e. The number of aryl methyl sites for hydroxylation is 1. The third-order valence-electron chi connectivity index (χ3n) is 3.89. The van der Waals surface area contributed by atoms with Crippen molar-refractivity contribution in [1.82, 2.24) is 10.6 Å². The number of aliphatic carboxylic acids is 1. The standard InChI is InChI=1S/C15H22N2O4/c1-10-7-8-12(21-10)9-16-15(20)17-13(14(18)19)11-5-3-2-4-6-11/h7-8,11,13H,2-6,9H2,1H3,(H,18,19)(H2,16,17,20). The Morgan fingerprint density at radius 3 is 2.62 bits per heavy atom. The van der Waals surface area contributed by atoms with E-state index in [-0.39, 0.29) is 12.5 Å². The van der Waals surface area contributed by atoms with Crippen LogP contribution >= 0.6 is 0 Å². The Bertz CT molecular complexity index is 492. The molecular weight excluding hydrogens is 272 g/mol. The summed E-state index contributed by atoms with van der Waals surface area (Å²) >= 11 is 0. The van der Waals surface area contributed by atoms with Crippen molar-refractivity contribution in [3.05, 3.63) is 23.7 Å². The summed E-state index contributed by atoms with van der Waals surface area (Å²) in [6, 6.07) is 2.31. The first-order valence-electron chi connectivity index (χ1n) is 7.39. The van der Waals surface area contributed by atoms with E-state index in [2.05, 4.69) is 10.6 Å². The van der Waals surface area contributed by atoms with Crippen molar-refractivity contribution < 1.29 is 19.1 Å². The quantitative estimate of drug-likeness (QED) is 0.777. The second-order valence-corrected chi connectivity index (χ2v) is 5.55. The average Bonchev–Trinajstić information content (AvgIpc) is 2.89. The lowest BCUT2D eigenvalue weighted by molar-refractivity contribution is -0.141. The Balaban J connectivity index is 1.84. The van der Waals surface area contributed by atoms with E-state index < -0.39 is 18.0 Å². The van der Waals surface area contributed by atoms with Crippen molar-refractivity contribution in [2.75, 3.05) is 0 Å². The van der Waals surface area contributed by atoms with Crippen molar-refractivity contribution in [1.29, 1.82) is 0 Å². The summed E-state index contributed by atoms with van der Waals surface area (Å²) in [5.74, 6) is 0.476. The van der Waals surface area contributed by atoms with Crippen LogP contribution in [0.25, 0.3) is 0 Å². The van der Waals surface area contributed by atoms with Gasteiger partial charge in [0.15, 0.2) is 0 Å². The van der Waals surface area contributed by atoms with Crippen LogP contribution in [0.3, 0.4) is 0 Å². The summed E-state index contributed by atoms with van der Waals surface area (Å²) in [6.45, 7) is 2.07. The predicted molar refractivity (Wildman–Crippen MR) is 76.8 cm³/mol. The zero-order valence-electron chi connectivity index (χ0n) is 12.2. The number of carboxylic acids is 1. The molecule has 0 aliphatic heterocycles. The molecule has 0 saturated heterocycles. The summed E-state index contributed by atoms with van der Waals surface area (Å²) in [5, 5.41) is 14.5. The molecule has 0 radical (unpaired) electrons. The predicted octanol–water partition coefficient (Wildman–Crippen LogP) is 2.42. The minimum absolute atomic E-state index is 0.0212. The fraction of sp³-hybridized carbons (Fsp3) is 0.600. The topological polar surface area (TPSA) is 91.6 Å². The van der Waals surface area contributed by atoms with Crippen molar-refractivity contribution in [3.63, 3.8) is 0 Å². The number of hydrogen-bond donors (Lipinski definition) is 3. The molecule has 0 bridgehead atoms. The normalized spacial score (nSPS) is 17.2. The van der Waals surface area contributed by atoms with E-state index in [1.807, 2.05) is 13.0 Å². The molecule has 1 unspecified atom stereocenters. The fourth-order valence-corrected chi connectivity index (χ4v) is 2.79. The van der Waals surface area contributed by atoms with E-state index in [4.69, 9.17) is 4.42 Å². The van der Waals surface area contributed by atoms with Gasteiger partial charge < -0.3 is 20.2 Å². The highest BCUT2D eigenvalue weighted by atomic mass is 16.4. The van der Waals surface area contributed by atoms with Crippen LogP contribution in [-0.2, 0) is 11.3 Å². The van der Waals surface area contributed by atoms with Crippen molar-refractivity contribution in [3.8, 4) is 0 Å². The Morgan fingerprint density at radius 2 is 2.05 bits per heavy atom. The number of carbonyl (C=O) groups excluding carboxylic acids is 1. The second kappa shape index (κ2) is 7.15. The Kier molecular flexibility index (Phi) is 5.25. The maximum Gasteiger partial charge on any atom is 0.326 e. The molecule has 6 nitrogen and oxygen atoms in total. The minimum atomic E-state index is -0.967. The maximum atomic E-state index is 11.9. The monoisotopic (exact) mass is 294 g/mol. The molecule has 2 rings (SSSR count). The summed E-state index contributed by atoms with van der Waals surface area (Å²) in [4.78, 5) is 23.2. The highest BCUT2D eigenvalue weighted by Gasteiger charge is 2.30. The van der Waals surface area contributed by atoms with Gasteiger partial charge in [0.05, 0.1) is 6.54 Å². The Hall–Kier alpha value is -1.98. The van der Waals surface area contributed by atoms with Gasteiger partial charge in [0.1, 0.15) is 17.6 Å². The number of amides is 2. The van der Waals surface area contributed by atoms with Crippen LogP contribution in [0.2, 0.25) is 0 Å². The molecule has 1 atom stereocenters. The maximum absolute atomic E-state index is 11.9. The van der Waals surface area contributed by atoms with Gasteiger partial charge >= 0.3 is 12.0 Å². The van der Waals surface area contributed by atoms with Crippen LogP contribution in [0.5, 0.6) is 0 Å². The molecule has 1 aliphatic rings. The summed E-state index contributed by atoms with van der Waals surface area (Å²) in [6.07, 6.45) is 4.92. The largest absolute Gasteiger partial charge is 0.480 e. The van der Waals surface area contributed by atoms with E-state index >= 15 is 0 Å². The second-order valence-electron chi connectivity index (χ2n) is 5.55. The van der Waals surface area contributed by atoms with E-state index in [0.717, 1.165) is 37.9 Å². The number of hydrogen-bond acceptors (Lipinski definition) is 3. The molecule has 3 N–H and O–H groups in total. The van der Waals surface area contributed by atoms with Crippen LogP contribution in [-0.4, -0.2) is 23.1 Å². The fourth-order valence-electron chi connectivity index (χ4n) is 2.79. The number of furan rings is 1. The Labute approximate surface area is 123 Å². The summed E-state index contributed by atoms with van der Waals surface area (Å²) in [5.41, 5.74) is 0. The van der Waals surface area contributed by atoms with Gasteiger partial charge in [-0.3, -0.25) is 0 Å². The molecule has 1 aliphatic carbocycles. The van der Waals surface area contributed by atoms with Gasteiger partial charge in [0.25, 0.3) is 0 Å². The van der Waals surface area contributed by atoms with E-state index in [1.165, 1.54) is 0 Å². The van der Waals surface area contributed by atoms with E-state index in [0.29, 0.717) is 5.76 Å². The van der Waals surface area contributed by atoms with Crippen molar-refractivity contribution in [2.24, 2.45) is 5.92 Å². The molecule has 0 aromatic carbocycles. The van der Waals surface area contributed by atoms with Gasteiger partial charge in [-0.2, -0.15) is 0 Å². The lowest BCUT2D eigenvalue weighted by atomic mass is 9.84. The summed E-state index contributed by atoms with van der Waals surface area (Å²) < 4.78 is 5.34. The molecule has 1 heterocycles. The number of urea groups is 1. The highest BCUT2D eigenvalue weighted by molar-refractivity contribution is 5.82. The zero-order chi connectivity index (χ0) is 15.2. The van der Waals surface area contributed by atoms with Gasteiger partial charge in [-0.1, -0.05) is 19.3 Å². The van der Waals surface area contributed by atoms with Gasteiger partial charge in [0.2, 0.25) is 0 Å².